The van der Waals surface area contributed by atoms with Gasteiger partial charge in [0.15, 0.2) is 0 Å². The maximum atomic E-state index is 13.5. The van der Waals surface area contributed by atoms with Gasteiger partial charge in [-0.15, -0.1) is 0 Å². The van der Waals surface area contributed by atoms with E-state index in [4.69, 9.17) is 27.9 Å². The number of amides is 4. The Bertz CT molecular complexity index is 1600. The number of nitrogens with zero attached hydrogens (tertiary/aromatic N) is 1. The summed E-state index contributed by atoms with van der Waals surface area (Å²) in [4.78, 5) is 39.8. The van der Waals surface area contributed by atoms with E-state index in [2.05, 4.69) is 21.2 Å². The van der Waals surface area contributed by atoms with Crippen molar-refractivity contribution in [2.24, 2.45) is 0 Å². The van der Waals surface area contributed by atoms with Crippen molar-refractivity contribution in [2.45, 2.75) is 6.61 Å². The smallest absolute Gasteiger partial charge is 0.335 e. The summed E-state index contributed by atoms with van der Waals surface area (Å²) in [5.74, 6) is -1.12. The van der Waals surface area contributed by atoms with Gasteiger partial charge in [0, 0.05) is 10.0 Å². The van der Waals surface area contributed by atoms with Crippen molar-refractivity contribution in [3.63, 3.8) is 0 Å². The molecule has 0 atom stereocenters. The second-order valence-corrected chi connectivity index (χ2v) is 9.90. The SMILES string of the molecule is O=C1NC(=O)N(c2ccc(Cl)c(Cl)c2)C(=O)/C1=C/c1c(OCc2ccc(Br)cc2)ccc2ccccc12. The molecule has 5 rings (SSSR count). The number of fused-ring (bicyclic) bond motifs is 1. The van der Waals surface area contributed by atoms with Gasteiger partial charge in [-0.25, -0.2) is 9.69 Å². The summed E-state index contributed by atoms with van der Waals surface area (Å²) in [6, 6.07) is 22.4. The molecule has 0 aromatic heterocycles. The lowest BCUT2D eigenvalue weighted by atomic mass is 9.99. The molecule has 0 saturated carbocycles. The Labute approximate surface area is 230 Å². The van der Waals surface area contributed by atoms with E-state index >= 15 is 0 Å². The van der Waals surface area contributed by atoms with Crippen molar-refractivity contribution in [3.8, 4) is 5.75 Å². The van der Waals surface area contributed by atoms with Crippen LogP contribution in [-0.4, -0.2) is 17.8 Å². The minimum Gasteiger partial charge on any atom is -0.488 e. The zero-order chi connectivity index (χ0) is 26.1. The zero-order valence-corrected chi connectivity index (χ0v) is 22.1. The minimum atomic E-state index is -0.879. The van der Waals surface area contributed by atoms with Crippen LogP contribution >= 0.6 is 39.1 Å². The number of anilines is 1. The highest BCUT2D eigenvalue weighted by molar-refractivity contribution is 9.10. The summed E-state index contributed by atoms with van der Waals surface area (Å²) < 4.78 is 7.08. The molecule has 1 saturated heterocycles. The van der Waals surface area contributed by atoms with E-state index in [1.54, 1.807) is 6.07 Å². The predicted octanol–water partition coefficient (Wildman–Crippen LogP) is 7.15. The molecule has 0 bridgehead atoms. The number of nitrogens with one attached hydrogen (secondary N) is 1. The Balaban J connectivity index is 1.58. The highest BCUT2D eigenvalue weighted by atomic mass is 79.9. The second-order valence-electron chi connectivity index (χ2n) is 8.17. The number of benzene rings is 4. The van der Waals surface area contributed by atoms with Crippen molar-refractivity contribution in [3.05, 3.63) is 110 Å². The van der Waals surface area contributed by atoms with Gasteiger partial charge in [0.05, 0.1) is 15.7 Å². The molecule has 4 aromatic carbocycles. The van der Waals surface area contributed by atoms with Crippen molar-refractivity contribution in [1.82, 2.24) is 5.32 Å². The topological polar surface area (TPSA) is 75.7 Å². The first-order valence-corrected chi connectivity index (χ1v) is 12.6. The number of hydrogen-bond donors (Lipinski definition) is 1. The van der Waals surface area contributed by atoms with E-state index in [0.717, 1.165) is 25.7 Å². The maximum absolute atomic E-state index is 13.5. The fraction of sp³-hybridized carbons (Fsp3) is 0.0357. The van der Waals surface area contributed by atoms with E-state index in [1.165, 1.54) is 24.3 Å². The average molecular weight is 596 g/mol. The first kappa shape index (κ1) is 25.0. The van der Waals surface area contributed by atoms with Crippen LogP contribution in [0.5, 0.6) is 5.75 Å². The van der Waals surface area contributed by atoms with Gasteiger partial charge in [-0.05, 0) is 58.8 Å². The van der Waals surface area contributed by atoms with Crippen LogP contribution in [0.1, 0.15) is 11.1 Å². The van der Waals surface area contributed by atoms with Crippen LogP contribution in [0.2, 0.25) is 10.0 Å². The molecular formula is C28H17BrCl2N2O4. The highest BCUT2D eigenvalue weighted by Gasteiger charge is 2.37. The van der Waals surface area contributed by atoms with E-state index in [-0.39, 0.29) is 27.9 Å². The Kier molecular flexibility index (Phi) is 7.02. The molecule has 0 radical (unpaired) electrons. The largest absolute Gasteiger partial charge is 0.488 e. The van der Waals surface area contributed by atoms with Gasteiger partial charge in [0.2, 0.25) is 0 Å². The van der Waals surface area contributed by atoms with Crippen LogP contribution in [-0.2, 0) is 16.2 Å². The molecule has 4 amide bonds. The van der Waals surface area contributed by atoms with Crippen molar-refractivity contribution in [1.29, 1.82) is 0 Å². The number of urea groups is 1. The van der Waals surface area contributed by atoms with Crippen LogP contribution in [0, 0.1) is 0 Å². The van der Waals surface area contributed by atoms with E-state index in [0.29, 0.717) is 11.3 Å². The molecule has 4 aromatic rings. The molecule has 1 aliphatic heterocycles. The van der Waals surface area contributed by atoms with Gasteiger partial charge in [0.25, 0.3) is 11.8 Å². The summed E-state index contributed by atoms with van der Waals surface area (Å²) in [5.41, 5.74) is 1.44. The van der Waals surface area contributed by atoms with Crippen LogP contribution < -0.4 is 15.0 Å². The predicted molar refractivity (Wildman–Crippen MR) is 148 cm³/mol. The maximum Gasteiger partial charge on any atom is 0.335 e. The normalized spacial score (nSPS) is 14.8. The van der Waals surface area contributed by atoms with Gasteiger partial charge in [0.1, 0.15) is 17.9 Å². The molecule has 0 spiro atoms. The molecule has 6 nitrogen and oxygen atoms in total. The van der Waals surface area contributed by atoms with Crippen molar-refractivity contribution < 1.29 is 19.1 Å². The number of imide groups is 2. The number of carbonyl (C=O) groups is 3. The van der Waals surface area contributed by atoms with E-state index in [9.17, 15) is 14.4 Å². The third-order valence-corrected chi connectivity index (χ3v) is 7.06. The molecule has 184 valence electrons. The van der Waals surface area contributed by atoms with Crippen LogP contribution in [0.4, 0.5) is 10.5 Å². The Morgan fingerprint density at radius 2 is 1.65 bits per heavy atom. The fourth-order valence-corrected chi connectivity index (χ4v) is 4.51. The third kappa shape index (κ3) is 5.11. The lowest BCUT2D eigenvalue weighted by molar-refractivity contribution is -0.122. The molecule has 37 heavy (non-hydrogen) atoms. The number of rotatable bonds is 5. The van der Waals surface area contributed by atoms with Crippen LogP contribution in [0.3, 0.4) is 0 Å². The molecular weight excluding hydrogens is 579 g/mol. The van der Waals surface area contributed by atoms with Crippen molar-refractivity contribution in [2.75, 3.05) is 4.90 Å². The van der Waals surface area contributed by atoms with Crippen molar-refractivity contribution >= 4 is 79.5 Å². The first-order chi connectivity index (χ1) is 17.8. The first-order valence-electron chi connectivity index (χ1n) is 11.1. The summed E-state index contributed by atoms with van der Waals surface area (Å²) >= 11 is 15.5. The second kappa shape index (κ2) is 10.4. The van der Waals surface area contributed by atoms with Crippen LogP contribution in [0.15, 0.2) is 88.9 Å². The quantitative estimate of drug-likeness (QED) is 0.196. The minimum absolute atomic E-state index is 0.167. The molecule has 1 heterocycles. The summed E-state index contributed by atoms with van der Waals surface area (Å²) in [6.07, 6.45) is 1.45. The number of carbonyl (C=O) groups excluding carboxylic acids is 3. The van der Waals surface area contributed by atoms with E-state index < -0.39 is 17.8 Å². The highest BCUT2D eigenvalue weighted by Crippen LogP contribution is 2.33. The molecule has 0 unspecified atom stereocenters. The van der Waals surface area contributed by atoms with E-state index in [1.807, 2.05) is 54.6 Å². The molecule has 1 N–H and O–H groups in total. The zero-order valence-electron chi connectivity index (χ0n) is 19.0. The summed E-state index contributed by atoms with van der Waals surface area (Å²) in [7, 11) is 0. The van der Waals surface area contributed by atoms with Gasteiger partial charge in [-0.3, -0.25) is 14.9 Å². The summed E-state index contributed by atoms with van der Waals surface area (Å²) in [5, 5.41) is 4.34. The number of hydrogen-bond acceptors (Lipinski definition) is 4. The standard InChI is InChI=1S/C28H17BrCl2N2O4/c29-18-8-5-16(6-9-18)15-37-25-12-7-17-3-1-2-4-20(17)21(25)14-22-26(34)32-28(36)33(27(22)35)19-10-11-23(30)24(31)13-19/h1-14H,15H2,(H,32,34,36)/b22-14+. The van der Waals surface area contributed by atoms with Crippen LogP contribution in [0.25, 0.3) is 16.8 Å². The Hall–Kier alpha value is -3.65. The van der Waals surface area contributed by atoms with Gasteiger partial charge < -0.3 is 4.74 Å². The fourth-order valence-electron chi connectivity index (χ4n) is 3.95. The van der Waals surface area contributed by atoms with Gasteiger partial charge in [-0.1, -0.05) is 81.6 Å². The lowest BCUT2D eigenvalue weighted by Crippen LogP contribution is -2.54. The molecule has 1 aliphatic rings. The molecule has 9 heteroatoms. The lowest BCUT2D eigenvalue weighted by Gasteiger charge is -2.26. The molecule has 0 aliphatic carbocycles. The third-order valence-electron chi connectivity index (χ3n) is 5.79. The number of ether oxygens (including phenoxy) is 1. The number of halogens is 3. The van der Waals surface area contributed by atoms with Gasteiger partial charge in [-0.2, -0.15) is 0 Å². The molecule has 1 fully saturated rings. The van der Waals surface area contributed by atoms with Gasteiger partial charge >= 0.3 is 6.03 Å². The summed E-state index contributed by atoms with van der Waals surface area (Å²) in [6.45, 7) is 0.274. The Morgan fingerprint density at radius 1 is 0.892 bits per heavy atom. The number of barbiturate groups is 1. The monoisotopic (exact) mass is 594 g/mol. The Morgan fingerprint density at radius 3 is 2.41 bits per heavy atom. The average Bonchev–Trinajstić information content (AvgIpc) is 2.88.